The molecule has 0 saturated carbocycles. The molecule has 1 aromatic heterocycles. The van der Waals surface area contributed by atoms with Gasteiger partial charge in [-0.2, -0.15) is 0 Å². The van der Waals surface area contributed by atoms with E-state index in [0.717, 1.165) is 22.4 Å². The molecule has 0 aliphatic carbocycles. The Balaban J connectivity index is 1.45. The highest BCUT2D eigenvalue weighted by Gasteiger charge is 2.14. The monoisotopic (exact) mass is 489 g/mol. The quantitative estimate of drug-likeness (QED) is 0.271. The zero-order chi connectivity index (χ0) is 22.5. The van der Waals surface area contributed by atoms with Crippen molar-refractivity contribution in [3.05, 3.63) is 86.6 Å². The van der Waals surface area contributed by atoms with Crippen LogP contribution >= 0.6 is 34.8 Å². The van der Waals surface area contributed by atoms with Gasteiger partial charge in [0.15, 0.2) is 11.5 Å². The molecule has 166 valence electrons. The highest BCUT2D eigenvalue weighted by atomic mass is 35.5. The van der Waals surface area contributed by atoms with Crippen LogP contribution in [0.5, 0.6) is 11.5 Å². The van der Waals surface area contributed by atoms with E-state index in [0.29, 0.717) is 51.8 Å². The lowest BCUT2D eigenvalue weighted by molar-refractivity contribution is 0.269. The van der Waals surface area contributed by atoms with Crippen molar-refractivity contribution in [2.45, 2.75) is 26.6 Å². The van der Waals surface area contributed by atoms with Crippen LogP contribution in [0.3, 0.4) is 0 Å². The molecule has 0 amide bonds. The van der Waals surface area contributed by atoms with E-state index in [1.807, 2.05) is 37.3 Å². The third-order valence-electron chi connectivity index (χ3n) is 4.89. The highest BCUT2D eigenvalue weighted by molar-refractivity contribution is 6.36. The summed E-state index contributed by atoms with van der Waals surface area (Å²) in [7, 11) is 0. The van der Waals surface area contributed by atoms with Gasteiger partial charge < -0.3 is 19.8 Å². The summed E-state index contributed by atoms with van der Waals surface area (Å²) in [5.74, 6) is 2.01. The fourth-order valence-electron chi connectivity index (χ4n) is 3.32. The fourth-order valence-corrected chi connectivity index (χ4v) is 4.05. The number of rotatable bonds is 9. The number of halogens is 3. The van der Waals surface area contributed by atoms with Gasteiger partial charge in [-0.3, -0.25) is 0 Å². The minimum absolute atomic E-state index is 0.207. The second-order valence-corrected chi connectivity index (χ2v) is 8.34. The third kappa shape index (κ3) is 5.30. The highest BCUT2D eigenvalue weighted by Crippen LogP contribution is 2.35. The smallest absolute Gasteiger partial charge is 0.163 e. The van der Waals surface area contributed by atoms with E-state index in [4.69, 9.17) is 44.3 Å². The molecule has 32 heavy (non-hydrogen) atoms. The molecule has 4 aromatic rings. The number of nitrogens with one attached hydrogen (secondary N) is 2. The molecule has 0 bridgehead atoms. The molecule has 5 nitrogen and oxygen atoms in total. The van der Waals surface area contributed by atoms with Gasteiger partial charge >= 0.3 is 0 Å². The van der Waals surface area contributed by atoms with Crippen LogP contribution in [0.4, 0.5) is 0 Å². The molecule has 8 heteroatoms. The third-order valence-corrected chi connectivity index (χ3v) is 5.95. The molecule has 1 heterocycles. The van der Waals surface area contributed by atoms with Crippen molar-refractivity contribution in [2.24, 2.45) is 0 Å². The van der Waals surface area contributed by atoms with Crippen LogP contribution in [0.25, 0.3) is 11.0 Å². The Bertz CT molecular complexity index is 1170. The Morgan fingerprint density at radius 2 is 1.62 bits per heavy atom. The van der Waals surface area contributed by atoms with E-state index < -0.39 is 0 Å². The molecule has 0 radical (unpaired) electrons. The van der Waals surface area contributed by atoms with Crippen LogP contribution in [-0.2, 0) is 19.7 Å². The van der Waals surface area contributed by atoms with Crippen LogP contribution in [0.2, 0.25) is 15.1 Å². The van der Waals surface area contributed by atoms with Crippen LogP contribution in [0, 0.1) is 0 Å². The van der Waals surface area contributed by atoms with Gasteiger partial charge in [-0.1, -0.05) is 53.0 Å². The number of fused-ring (bicyclic) bond motifs is 1. The summed E-state index contributed by atoms with van der Waals surface area (Å²) in [6.45, 7) is 3.75. The number of nitrogens with zero attached hydrogens (tertiary/aromatic N) is 1. The Hall–Kier alpha value is -2.44. The van der Waals surface area contributed by atoms with Crippen LogP contribution < -0.4 is 14.8 Å². The Morgan fingerprint density at radius 3 is 2.38 bits per heavy atom. The Kier molecular flexibility index (Phi) is 7.43. The SMILES string of the molecule is CCOc1cc(CNCc2nc3ccccc3[nH]2)c(Cl)cc1OCc1c(Cl)cccc1Cl. The van der Waals surface area contributed by atoms with Crippen LogP contribution in [0.1, 0.15) is 23.9 Å². The molecular weight excluding hydrogens is 469 g/mol. The van der Waals surface area contributed by atoms with E-state index >= 15 is 0 Å². The number of H-pyrrole nitrogens is 1. The van der Waals surface area contributed by atoms with Crippen molar-refractivity contribution in [1.82, 2.24) is 15.3 Å². The Labute approximate surface area is 201 Å². The van der Waals surface area contributed by atoms with E-state index in [2.05, 4.69) is 15.3 Å². The summed E-state index contributed by atoms with van der Waals surface area (Å²) in [5, 5.41) is 5.04. The number of para-hydroxylation sites is 2. The molecular formula is C24H22Cl3N3O2. The minimum Gasteiger partial charge on any atom is -0.490 e. The normalized spacial score (nSPS) is 11.1. The molecule has 0 saturated heterocycles. The number of ether oxygens (including phenoxy) is 2. The second-order valence-electron chi connectivity index (χ2n) is 7.12. The zero-order valence-corrected chi connectivity index (χ0v) is 19.7. The van der Waals surface area contributed by atoms with Gasteiger partial charge in [-0.05, 0) is 42.8 Å². The van der Waals surface area contributed by atoms with Crippen LogP contribution in [0.15, 0.2) is 54.6 Å². The molecule has 0 atom stereocenters. The van der Waals surface area contributed by atoms with Gasteiger partial charge in [0.1, 0.15) is 12.4 Å². The molecule has 0 fully saturated rings. The topological polar surface area (TPSA) is 59.2 Å². The van der Waals surface area contributed by atoms with Gasteiger partial charge in [-0.15, -0.1) is 0 Å². The van der Waals surface area contributed by atoms with Crippen molar-refractivity contribution in [3.63, 3.8) is 0 Å². The summed E-state index contributed by atoms with van der Waals surface area (Å²) in [6.07, 6.45) is 0. The molecule has 0 aliphatic heterocycles. The number of hydrogen-bond acceptors (Lipinski definition) is 4. The summed E-state index contributed by atoms with van der Waals surface area (Å²) < 4.78 is 11.8. The molecule has 3 aromatic carbocycles. The molecule has 2 N–H and O–H groups in total. The summed E-state index contributed by atoms with van der Waals surface area (Å²) in [5.41, 5.74) is 3.57. The first-order valence-corrected chi connectivity index (χ1v) is 11.3. The summed E-state index contributed by atoms with van der Waals surface area (Å²) >= 11 is 19.0. The summed E-state index contributed by atoms with van der Waals surface area (Å²) in [4.78, 5) is 7.88. The Morgan fingerprint density at radius 1 is 0.875 bits per heavy atom. The second kappa shape index (κ2) is 10.5. The van der Waals surface area contributed by atoms with Crippen LogP contribution in [-0.4, -0.2) is 16.6 Å². The zero-order valence-electron chi connectivity index (χ0n) is 17.4. The first-order chi connectivity index (χ1) is 15.5. The van der Waals surface area contributed by atoms with E-state index in [1.165, 1.54) is 0 Å². The van der Waals surface area contributed by atoms with Gasteiger partial charge in [0.05, 0.1) is 24.2 Å². The van der Waals surface area contributed by atoms with Crippen molar-refractivity contribution in [2.75, 3.05) is 6.61 Å². The van der Waals surface area contributed by atoms with E-state index in [-0.39, 0.29) is 6.61 Å². The van der Waals surface area contributed by atoms with E-state index in [9.17, 15) is 0 Å². The van der Waals surface area contributed by atoms with Gasteiger partial charge in [0.25, 0.3) is 0 Å². The van der Waals surface area contributed by atoms with Gasteiger partial charge in [0.2, 0.25) is 0 Å². The van der Waals surface area contributed by atoms with Crippen molar-refractivity contribution < 1.29 is 9.47 Å². The number of hydrogen-bond donors (Lipinski definition) is 2. The first-order valence-electron chi connectivity index (χ1n) is 10.2. The van der Waals surface area contributed by atoms with Gasteiger partial charge in [-0.25, -0.2) is 4.98 Å². The number of aromatic amines is 1. The minimum atomic E-state index is 0.207. The van der Waals surface area contributed by atoms with Crippen molar-refractivity contribution in [1.29, 1.82) is 0 Å². The molecule has 0 aliphatic rings. The standard InChI is InChI=1S/C24H22Cl3N3O2/c1-2-31-22-10-15(12-28-13-24-29-20-8-3-4-9-21(20)30-24)19(27)11-23(22)32-14-16-17(25)6-5-7-18(16)26/h3-11,28H,2,12-14H2,1H3,(H,29,30). The maximum Gasteiger partial charge on any atom is 0.163 e. The lowest BCUT2D eigenvalue weighted by atomic mass is 10.2. The lowest BCUT2D eigenvalue weighted by Crippen LogP contribution is -2.14. The molecule has 0 spiro atoms. The number of benzene rings is 3. The predicted molar refractivity (Wildman–Crippen MR) is 130 cm³/mol. The maximum atomic E-state index is 6.54. The fraction of sp³-hybridized carbons (Fsp3) is 0.208. The predicted octanol–water partition coefficient (Wildman–Crippen LogP) is 6.79. The largest absolute Gasteiger partial charge is 0.490 e. The lowest BCUT2D eigenvalue weighted by Gasteiger charge is -2.16. The average Bonchev–Trinajstić information content (AvgIpc) is 3.19. The average molecular weight is 491 g/mol. The van der Waals surface area contributed by atoms with Gasteiger partial charge in [0, 0.05) is 33.2 Å². The van der Waals surface area contributed by atoms with Crippen molar-refractivity contribution >= 4 is 45.8 Å². The van der Waals surface area contributed by atoms with Crippen molar-refractivity contribution in [3.8, 4) is 11.5 Å². The van der Waals surface area contributed by atoms with E-state index in [1.54, 1.807) is 24.3 Å². The number of aromatic nitrogens is 2. The molecule has 0 unspecified atom stereocenters. The molecule has 4 rings (SSSR count). The number of imidazole rings is 1. The maximum absolute atomic E-state index is 6.54. The first kappa shape index (κ1) is 22.7. The summed E-state index contributed by atoms with van der Waals surface area (Å²) in [6, 6.07) is 16.9.